The molecule has 1 aromatic rings. The van der Waals surface area contributed by atoms with Gasteiger partial charge in [-0.1, -0.05) is 24.3 Å². The third-order valence-corrected chi connectivity index (χ3v) is 5.72. The van der Waals surface area contributed by atoms with E-state index in [1.54, 1.807) is 11.1 Å². The van der Waals surface area contributed by atoms with Crippen LogP contribution in [0.4, 0.5) is 0 Å². The Morgan fingerprint density at radius 2 is 2.11 bits per heavy atom. The highest BCUT2D eigenvalue weighted by atomic mass is 15.2. The maximum absolute atomic E-state index is 3.57. The topological polar surface area (TPSA) is 15.3 Å². The number of hydrogen-bond donors (Lipinski definition) is 1. The molecule has 4 atom stereocenters. The van der Waals surface area contributed by atoms with Crippen LogP contribution in [0.3, 0.4) is 0 Å². The van der Waals surface area contributed by atoms with Crippen molar-refractivity contribution in [3.8, 4) is 0 Å². The summed E-state index contributed by atoms with van der Waals surface area (Å²) in [5, 5.41) is 3.57. The van der Waals surface area contributed by atoms with E-state index in [1.165, 1.54) is 38.9 Å². The Bertz CT molecular complexity index is 470. The Morgan fingerprint density at radius 1 is 1.21 bits per heavy atom. The Balaban J connectivity index is 1.64. The van der Waals surface area contributed by atoms with Crippen LogP contribution in [0.1, 0.15) is 36.9 Å². The van der Waals surface area contributed by atoms with Crippen LogP contribution < -0.4 is 5.32 Å². The van der Waals surface area contributed by atoms with Gasteiger partial charge in [-0.25, -0.2) is 0 Å². The van der Waals surface area contributed by atoms with E-state index in [9.17, 15) is 0 Å². The van der Waals surface area contributed by atoms with E-state index >= 15 is 0 Å². The normalized spacial score (nSPS) is 38.2. The maximum atomic E-state index is 3.57. The molecule has 1 aromatic carbocycles. The molecule has 2 fully saturated rings. The lowest BCUT2D eigenvalue weighted by Gasteiger charge is -2.37. The number of hydrogen-bond acceptors (Lipinski definition) is 2. The Hall–Kier alpha value is -0.860. The molecule has 102 valence electrons. The SMILES string of the molecule is CC1C2CNCC2CN1C1CCCc2ccccc21. The van der Waals surface area contributed by atoms with E-state index in [2.05, 4.69) is 41.4 Å². The molecular formula is C17H24N2. The van der Waals surface area contributed by atoms with Crippen molar-refractivity contribution in [2.24, 2.45) is 11.8 Å². The minimum absolute atomic E-state index is 0.686. The van der Waals surface area contributed by atoms with Gasteiger partial charge in [-0.05, 0) is 62.2 Å². The quantitative estimate of drug-likeness (QED) is 0.831. The highest BCUT2D eigenvalue weighted by molar-refractivity contribution is 5.32. The zero-order valence-corrected chi connectivity index (χ0v) is 11.8. The van der Waals surface area contributed by atoms with Crippen molar-refractivity contribution in [3.05, 3.63) is 35.4 Å². The van der Waals surface area contributed by atoms with Crippen LogP contribution in [-0.4, -0.2) is 30.6 Å². The van der Waals surface area contributed by atoms with Gasteiger partial charge < -0.3 is 5.32 Å². The zero-order valence-electron chi connectivity index (χ0n) is 11.8. The summed E-state index contributed by atoms with van der Waals surface area (Å²) >= 11 is 0. The maximum Gasteiger partial charge on any atom is 0.0354 e. The standard InChI is InChI=1S/C17H24N2/c1-12-16-10-18-9-14(16)11-19(12)17-8-4-6-13-5-2-3-7-15(13)17/h2-3,5,7,12,14,16-18H,4,6,8-11H2,1H3. The number of aryl methyl sites for hydroxylation is 1. The molecule has 4 rings (SSSR count). The zero-order chi connectivity index (χ0) is 12.8. The van der Waals surface area contributed by atoms with Gasteiger partial charge in [0.15, 0.2) is 0 Å². The molecule has 0 aromatic heterocycles. The first-order valence-electron chi connectivity index (χ1n) is 7.89. The van der Waals surface area contributed by atoms with Crippen LogP contribution in [0.25, 0.3) is 0 Å². The molecule has 0 spiro atoms. The molecule has 0 radical (unpaired) electrons. The minimum Gasteiger partial charge on any atom is -0.316 e. The van der Waals surface area contributed by atoms with Gasteiger partial charge in [0.05, 0.1) is 0 Å². The van der Waals surface area contributed by atoms with Gasteiger partial charge in [-0.3, -0.25) is 4.90 Å². The molecule has 0 bridgehead atoms. The second-order valence-corrected chi connectivity index (χ2v) is 6.63. The molecule has 1 N–H and O–H groups in total. The van der Waals surface area contributed by atoms with Gasteiger partial charge in [0.2, 0.25) is 0 Å². The smallest absolute Gasteiger partial charge is 0.0354 e. The summed E-state index contributed by atoms with van der Waals surface area (Å²) in [5.74, 6) is 1.78. The van der Waals surface area contributed by atoms with Crippen molar-refractivity contribution in [1.29, 1.82) is 0 Å². The molecule has 2 aliphatic heterocycles. The Kier molecular flexibility index (Phi) is 2.89. The van der Waals surface area contributed by atoms with Gasteiger partial charge in [0.25, 0.3) is 0 Å². The summed E-state index contributed by atoms with van der Waals surface area (Å²) in [6.45, 7) is 6.23. The van der Waals surface area contributed by atoms with Crippen LogP contribution in [0.2, 0.25) is 0 Å². The van der Waals surface area contributed by atoms with E-state index < -0.39 is 0 Å². The molecule has 1 aliphatic carbocycles. The number of likely N-dealkylation sites (tertiary alicyclic amines) is 1. The largest absolute Gasteiger partial charge is 0.316 e. The van der Waals surface area contributed by atoms with Gasteiger partial charge in [-0.2, -0.15) is 0 Å². The van der Waals surface area contributed by atoms with Crippen molar-refractivity contribution in [3.63, 3.8) is 0 Å². The molecule has 2 heterocycles. The molecule has 0 saturated carbocycles. The summed E-state index contributed by atoms with van der Waals surface area (Å²) in [7, 11) is 0. The van der Waals surface area contributed by atoms with Crippen molar-refractivity contribution in [1.82, 2.24) is 10.2 Å². The van der Waals surface area contributed by atoms with Crippen LogP contribution in [0, 0.1) is 11.8 Å². The van der Waals surface area contributed by atoms with Gasteiger partial charge >= 0.3 is 0 Å². The fourth-order valence-corrected chi connectivity index (χ4v) is 4.68. The first-order valence-corrected chi connectivity index (χ1v) is 7.89. The van der Waals surface area contributed by atoms with Crippen molar-refractivity contribution < 1.29 is 0 Å². The van der Waals surface area contributed by atoms with Crippen molar-refractivity contribution >= 4 is 0 Å². The monoisotopic (exact) mass is 256 g/mol. The molecule has 0 amide bonds. The number of rotatable bonds is 1. The first-order chi connectivity index (χ1) is 9.34. The van der Waals surface area contributed by atoms with Crippen molar-refractivity contribution in [2.75, 3.05) is 19.6 Å². The summed E-state index contributed by atoms with van der Waals surface area (Å²) < 4.78 is 0. The predicted octanol–water partition coefficient (Wildman–Crippen LogP) is 2.60. The van der Waals surface area contributed by atoms with Crippen molar-refractivity contribution in [2.45, 2.75) is 38.3 Å². The van der Waals surface area contributed by atoms with E-state index in [4.69, 9.17) is 0 Å². The lowest BCUT2D eigenvalue weighted by Crippen LogP contribution is -2.37. The number of nitrogens with zero attached hydrogens (tertiary/aromatic N) is 1. The number of nitrogens with one attached hydrogen (secondary N) is 1. The molecule has 3 aliphatic rings. The fourth-order valence-electron chi connectivity index (χ4n) is 4.68. The molecule has 2 nitrogen and oxygen atoms in total. The summed E-state index contributed by atoms with van der Waals surface area (Å²) in [6, 6.07) is 10.6. The van der Waals surface area contributed by atoms with Crippen LogP contribution in [0.15, 0.2) is 24.3 Å². The van der Waals surface area contributed by atoms with Crippen LogP contribution in [-0.2, 0) is 6.42 Å². The lowest BCUT2D eigenvalue weighted by molar-refractivity contribution is 0.154. The lowest BCUT2D eigenvalue weighted by atomic mass is 9.86. The van der Waals surface area contributed by atoms with Gasteiger partial charge in [0.1, 0.15) is 0 Å². The average molecular weight is 256 g/mol. The van der Waals surface area contributed by atoms with Gasteiger partial charge in [0, 0.05) is 18.6 Å². The molecular weight excluding hydrogens is 232 g/mol. The van der Waals surface area contributed by atoms with E-state index in [0.717, 1.165) is 17.9 Å². The molecule has 2 saturated heterocycles. The Labute approximate surface area is 116 Å². The van der Waals surface area contributed by atoms with E-state index in [-0.39, 0.29) is 0 Å². The molecule has 2 heteroatoms. The third-order valence-electron chi connectivity index (χ3n) is 5.72. The number of fused-ring (bicyclic) bond motifs is 2. The minimum atomic E-state index is 0.686. The fraction of sp³-hybridized carbons (Fsp3) is 0.647. The Morgan fingerprint density at radius 3 is 3.00 bits per heavy atom. The highest BCUT2D eigenvalue weighted by Crippen LogP contribution is 2.42. The highest BCUT2D eigenvalue weighted by Gasteiger charge is 2.44. The van der Waals surface area contributed by atoms with E-state index in [0.29, 0.717) is 6.04 Å². The summed E-state index contributed by atoms with van der Waals surface area (Å²) in [6.07, 6.45) is 4.00. The second-order valence-electron chi connectivity index (χ2n) is 6.63. The van der Waals surface area contributed by atoms with E-state index in [1.807, 2.05) is 0 Å². The predicted molar refractivity (Wildman–Crippen MR) is 78.1 cm³/mol. The first kappa shape index (κ1) is 11.9. The van der Waals surface area contributed by atoms with Crippen LogP contribution in [0.5, 0.6) is 0 Å². The summed E-state index contributed by atoms with van der Waals surface area (Å²) in [4.78, 5) is 2.81. The van der Waals surface area contributed by atoms with Crippen LogP contribution >= 0.6 is 0 Å². The second kappa shape index (κ2) is 4.60. The van der Waals surface area contributed by atoms with Gasteiger partial charge in [-0.15, -0.1) is 0 Å². The molecule has 4 unspecified atom stereocenters. The summed E-state index contributed by atoms with van der Waals surface area (Å²) in [5.41, 5.74) is 3.22. The molecule has 19 heavy (non-hydrogen) atoms. The number of benzene rings is 1. The third kappa shape index (κ3) is 1.85. The average Bonchev–Trinajstić information content (AvgIpc) is 3.02.